The summed E-state index contributed by atoms with van der Waals surface area (Å²) in [4.78, 5) is 13.5. The van der Waals surface area contributed by atoms with E-state index in [0.717, 1.165) is 17.7 Å². The van der Waals surface area contributed by atoms with Crippen LogP contribution in [0.5, 0.6) is 5.75 Å². The Hall–Kier alpha value is -1.75. The van der Waals surface area contributed by atoms with E-state index in [0.29, 0.717) is 19.7 Å². The number of nitrogens with zero attached hydrogens (tertiary/aromatic N) is 1. The van der Waals surface area contributed by atoms with Gasteiger partial charge in [-0.15, -0.1) is 0 Å². The van der Waals surface area contributed by atoms with Crippen molar-refractivity contribution in [3.05, 3.63) is 29.8 Å². The van der Waals surface area contributed by atoms with Gasteiger partial charge in [0.05, 0.1) is 31.8 Å². The predicted molar refractivity (Wildman–Crippen MR) is 76.8 cm³/mol. The molecule has 20 heavy (non-hydrogen) atoms. The van der Waals surface area contributed by atoms with Gasteiger partial charge in [0.15, 0.2) is 0 Å². The van der Waals surface area contributed by atoms with Crippen LogP contribution in [-0.4, -0.2) is 41.8 Å². The molecule has 1 aliphatic heterocycles. The number of aliphatic hydroxyl groups is 1. The van der Waals surface area contributed by atoms with Gasteiger partial charge in [0.1, 0.15) is 5.75 Å². The molecule has 2 rings (SSSR count). The van der Waals surface area contributed by atoms with E-state index in [1.54, 1.807) is 4.90 Å². The molecule has 2 N–H and O–H groups in total. The summed E-state index contributed by atoms with van der Waals surface area (Å²) in [5.41, 5.74) is 0.968. The summed E-state index contributed by atoms with van der Waals surface area (Å²) in [6.07, 6.45) is 0.567. The lowest BCUT2D eigenvalue weighted by Crippen LogP contribution is -2.56. The predicted octanol–water partition coefficient (Wildman–Crippen LogP) is 1.92. The molecule has 0 saturated carbocycles. The summed E-state index contributed by atoms with van der Waals surface area (Å²) in [5.74, 6) is 0.811. The summed E-state index contributed by atoms with van der Waals surface area (Å²) in [6, 6.07) is 7.46. The molecule has 1 heterocycles. The van der Waals surface area contributed by atoms with Crippen molar-refractivity contribution in [1.29, 1.82) is 0 Å². The van der Waals surface area contributed by atoms with Gasteiger partial charge in [-0.2, -0.15) is 0 Å². The average Bonchev–Trinajstić information content (AvgIpc) is 2.41. The monoisotopic (exact) mass is 278 g/mol. The minimum Gasteiger partial charge on any atom is -0.493 e. The largest absolute Gasteiger partial charge is 0.493 e. The third-order valence-corrected chi connectivity index (χ3v) is 3.34. The fourth-order valence-corrected chi connectivity index (χ4v) is 2.16. The summed E-state index contributed by atoms with van der Waals surface area (Å²) in [5, 5.41) is 12.1. The van der Waals surface area contributed by atoms with Crippen molar-refractivity contribution in [2.75, 3.05) is 19.7 Å². The number of hydrogen-bond donors (Lipinski definition) is 2. The van der Waals surface area contributed by atoms with Crippen molar-refractivity contribution < 1.29 is 14.6 Å². The summed E-state index contributed by atoms with van der Waals surface area (Å²) in [6.45, 7) is 5.47. The molecule has 0 aromatic heterocycles. The number of rotatable bonds is 5. The molecule has 0 radical (unpaired) electrons. The Bertz CT molecular complexity index is 458. The number of urea groups is 1. The van der Waals surface area contributed by atoms with Gasteiger partial charge in [-0.3, -0.25) is 0 Å². The number of β-amino-alcohol motifs (C(OH)–C–C–N with tert-alkyl or cyclic N) is 1. The first kappa shape index (κ1) is 14.7. The van der Waals surface area contributed by atoms with E-state index in [-0.39, 0.29) is 18.2 Å². The van der Waals surface area contributed by atoms with Crippen molar-refractivity contribution in [2.24, 2.45) is 0 Å². The number of benzene rings is 1. The third-order valence-electron chi connectivity index (χ3n) is 3.34. The molecule has 1 atom stereocenters. The van der Waals surface area contributed by atoms with E-state index in [4.69, 9.17) is 4.74 Å². The fourth-order valence-electron chi connectivity index (χ4n) is 2.16. The van der Waals surface area contributed by atoms with Crippen LogP contribution in [0.25, 0.3) is 0 Å². The minimum absolute atomic E-state index is 0.131. The van der Waals surface area contributed by atoms with Crippen LogP contribution in [0.15, 0.2) is 24.3 Å². The molecule has 0 aliphatic carbocycles. The third kappa shape index (κ3) is 3.42. The van der Waals surface area contributed by atoms with E-state index in [9.17, 15) is 9.90 Å². The first-order chi connectivity index (χ1) is 9.61. The SMILES string of the molecule is CCCOc1ccccc1[C@H](C)NC(=O)N1CC(O)C1. The van der Waals surface area contributed by atoms with Crippen LogP contribution in [0, 0.1) is 0 Å². The second-order valence-corrected chi connectivity index (χ2v) is 5.12. The number of carbonyl (C=O) groups excluding carboxylic acids is 1. The second kappa shape index (κ2) is 6.61. The smallest absolute Gasteiger partial charge is 0.318 e. The van der Waals surface area contributed by atoms with Gasteiger partial charge in [-0.1, -0.05) is 25.1 Å². The lowest BCUT2D eigenvalue weighted by Gasteiger charge is -2.36. The van der Waals surface area contributed by atoms with Crippen LogP contribution < -0.4 is 10.1 Å². The molecular weight excluding hydrogens is 256 g/mol. The minimum atomic E-state index is -0.378. The van der Waals surface area contributed by atoms with E-state index >= 15 is 0 Å². The molecule has 5 heteroatoms. The van der Waals surface area contributed by atoms with Crippen LogP contribution in [-0.2, 0) is 0 Å². The lowest BCUT2D eigenvalue weighted by atomic mass is 10.1. The van der Waals surface area contributed by atoms with E-state index in [1.165, 1.54) is 0 Å². The maximum absolute atomic E-state index is 11.9. The van der Waals surface area contributed by atoms with Crippen LogP contribution in [0.2, 0.25) is 0 Å². The standard InChI is InChI=1S/C15H22N2O3/c1-3-8-20-14-7-5-4-6-13(14)11(2)16-15(19)17-9-12(18)10-17/h4-7,11-12,18H,3,8-10H2,1-2H3,(H,16,19)/t11-/m0/s1. The van der Waals surface area contributed by atoms with Crippen molar-refractivity contribution in [1.82, 2.24) is 10.2 Å². The summed E-state index contributed by atoms with van der Waals surface area (Å²) in [7, 11) is 0. The quantitative estimate of drug-likeness (QED) is 0.865. The molecule has 1 saturated heterocycles. The number of carbonyl (C=O) groups is 1. The van der Waals surface area contributed by atoms with Crippen molar-refractivity contribution >= 4 is 6.03 Å². The highest BCUT2D eigenvalue weighted by molar-refractivity contribution is 5.75. The Labute approximate surface area is 119 Å². The van der Waals surface area contributed by atoms with E-state index in [2.05, 4.69) is 12.2 Å². The average molecular weight is 278 g/mol. The fraction of sp³-hybridized carbons (Fsp3) is 0.533. The first-order valence-corrected chi connectivity index (χ1v) is 7.07. The number of likely N-dealkylation sites (tertiary alicyclic amines) is 1. The Morgan fingerprint density at radius 2 is 2.20 bits per heavy atom. The number of amides is 2. The van der Waals surface area contributed by atoms with Crippen molar-refractivity contribution in [2.45, 2.75) is 32.4 Å². The van der Waals surface area contributed by atoms with Crippen LogP contribution in [0.4, 0.5) is 4.79 Å². The van der Waals surface area contributed by atoms with Gasteiger partial charge in [0, 0.05) is 5.56 Å². The molecule has 1 fully saturated rings. The number of aliphatic hydroxyl groups excluding tert-OH is 1. The zero-order chi connectivity index (χ0) is 14.5. The van der Waals surface area contributed by atoms with Gasteiger partial charge in [-0.25, -0.2) is 4.79 Å². The number of nitrogens with one attached hydrogen (secondary N) is 1. The second-order valence-electron chi connectivity index (χ2n) is 5.12. The van der Waals surface area contributed by atoms with Crippen molar-refractivity contribution in [3.8, 4) is 5.75 Å². The zero-order valence-corrected chi connectivity index (χ0v) is 12.0. The Balaban J connectivity index is 1.97. The van der Waals surface area contributed by atoms with Crippen molar-refractivity contribution in [3.63, 3.8) is 0 Å². The highest BCUT2D eigenvalue weighted by Crippen LogP contribution is 2.25. The highest BCUT2D eigenvalue weighted by Gasteiger charge is 2.29. The number of ether oxygens (including phenoxy) is 1. The highest BCUT2D eigenvalue weighted by atomic mass is 16.5. The van der Waals surface area contributed by atoms with Gasteiger partial charge in [0.25, 0.3) is 0 Å². The summed E-state index contributed by atoms with van der Waals surface area (Å²) >= 11 is 0. The molecule has 2 amide bonds. The Kier molecular flexibility index (Phi) is 4.84. The Morgan fingerprint density at radius 3 is 2.85 bits per heavy atom. The van der Waals surface area contributed by atoms with E-state index in [1.807, 2.05) is 31.2 Å². The van der Waals surface area contributed by atoms with E-state index < -0.39 is 0 Å². The molecule has 110 valence electrons. The van der Waals surface area contributed by atoms with Gasteiger partial charge in [0.2, 0.25) is 0 Å². The molecule has 1 aliphatic rings. The molecule has 1 aromatic rings. The molecule has 5 nitrogen and oxygen atoms in total. The van der Waals surface area contributed by atoms with Gasteiger partial charge < -0.3 is 20.1 Å². The molecule has 0 unspecified atom stereocenters. The maximum atomic E-state index is 11.9. The summed E-state index contributed by atoms with van der Waals surface area (Å²) < 4.78 is 5.70. The first-order valence-electron chi connectivity index (χ1n) is 7.07. The number of para-hydroxylation sites is 1. The number of hydrogen-bond acceptors (Lipinski definition) is 3. The van der Waals surface area contributed by atoms with Crippen LogP contribution >= 0.6 is 0 Å². The Morgan fingerprint density at radius 1 is 1.50 bits per heavy atom. The van der Waals surface area contributed by atoms with Gasteiger partial charge >= 0.3 is 6.03 Å². The molecule has 0 bridgehead atoms. The maximum Gasteiger partial charge on any atom is 0.318 e. The van der Waals surface area contributed by atoms with Gasteiger partial charge in [-0.05, 0) is 19.4 Å². The molecular formula is C15H22N2O3. The van der Waals surface area contributed by atoms with Crippen LogP contribution in [0.1, 0.15) is 31.9 Å². The molecule has 1 aromatic carbocycles. The normalized spacial score (nSPS) is 16.4. The topological polar surface area (TPSA) is 61.8 Å². The van der Waals surface area contributed by atoms with Crippen LogP contribution in [0.3, 0.4) is 0 Å². The molecule has 0 spiro atoms. The lowest BCUT2D eigenvalue weighted by molar-refractivity contribution is 0.0259. The zero-order valence-electron chi connectivity index (χ0n) is 12.0.